The van der Waals surface area contributed by atoms with Crippen LogP contribution in [0.1, 0.15) is 84.4 Å². The lowest BCUT2D eigenvalue weighted by Crippen LogP contribution is -2.26. The van der Waals surface area contributed by atoms with Crippen LogP contribution >= 0.6 is 11.6 Å². The van der Waals surface area contributed by atoms with Gasteiger partial charge in [-0.15, -0.1) is 0 Å². The molecule has 4 heterocycles. The number of nitrogens with zero attached hydrogens (tertiary/aromatic N) is 10. The molecule has 0 atom stereocenters. The van der Waals surface area contributed by atoms with Gasteiger partial charge in [-0.1, -0.05) is 25.7 Å². The molecule has 0 spiro atoms. The highest BCUT2D eigenvalue weighted by Gasteiger charge is 2.32. The minimum Gasteiger partial charge on any atom is -0.492 e. The topological polar surface area (TPSA) is 165 Å². The number of nitrogens with two attached hydrogens (primary N) is 1. The highest BCUT2D eigenvalue weighted by molar-refractivity contribution is 6.28. The Morgan fingerprint density at radius 2 is 1.09 bits per heavy atom. The number of nitrogens with one attached hydrogen (secondary N) is 1. The van der Waals surface area contributed by atoms with Gasteiger partial charge in [-0.25, -0.2) is 18.7 Å². The molecular weight excluding hydrogens is 882 g/mol. The zero-order valence-corrected chi connectivity index (χ0v) is 40.5. The van der Waals surface area contributed by atoms with Crippen molar-refractivity contribution < 1.29 is 27.8 Å². The van der Waals surface area contributed by atoms with Crippen molar-refractivity contribution in [1.82, 2.24) is 48.7 Å². The van der Waals surface area contributed by atoms with Crippen LogP contribution in [0.3, 0.4) is 0 Å². The van der Waals surface area contributed by atoms with E-state index in [0.717, 1.165) is 87.3 Å². The number of hydrogen-bond acceptors (Lipinski definition) is 12. The van der Waals surface area contributed by atoms with Gasteiger partial charge in [-0.05, 0) is 114 Å². The fourth-order valence-electron chi connectivity index (χ4n) is 8.01. The van der Waals surface area contributed by atoms with Crippen LogP contribution in [-0.2, 0) is 0 Å². The molecule has 0 bridgehead atoms. The van der Waals surface area contributed by atoms with Crippen molar-refractivity contribution in [2.75, 3.05) is 93.7 Å². The second-order valence-electron chi connectivity index (χ2n) is 17.7. The number of halogens is 3. The number of anilines is 3. The Balaban J connectivity index is 0.000000185. The monoisotopic (exact) mass is 944 g/mol. The van der Waals surface area contributed by atoms with E-state index in [1.807, 2.05) is 76.7 Å². The number of carbonyl (C=O) groups is 2. The first kappa shape index (κ1) is 50.3. The summed E-state index contributed by atoms with van der Waals surface area (Å²) in [6.45, 7) is 3.07. The standard InChI is InChI=1S/C24H31FN6O2.C14H16ClFN4O.C10H16N2O/c1-29(2)13-14-33-18-11-9-16(10-12-18)27-24-26-15-19-20(25)21(23(32)30(3)4)31(22(19)28-24)17-7-5-6-8-17;1-19(2)13(21)11-10(16)9-7-17-14(15)18-12(9)20(11)8-5-3-4-6-8;1-12(2)7-8-13-10-5-3-9(11)4-6-10/h9-12,15,17H,5-8,13-14H2,1-4H3,(H,26,27,28);7-8H,3-6H2,1-2H3;3-6H,7-8,11H2,1-2H3. The number of carbonyl (C=O) groups excluding carboxylic acids is 2. The third kappa shape index (κ3) is 12.7. The summed E-state index contributed by atoms with van der Waals surface area (Å²) in [4.78, 5) is 49.0. The number of fused-ring (bicyclic) bond motifs is 2. The van der Waals surface area contributed by atoms with Crippen molar-refractivity contribution in [1.29, 1.82) is 0 Å². The molecule has 16 nitrogen and oxygen atoms in total. The summed E-state index contributed by atoms with van der Waals surface area (Å²) in [7, 11) is 14.5. The van der Waals surface area contributed by atoms with Gasteiger partial charge in [0.25, 0.3) is 11.8 Å². The molecule has 6 aromatic rings. The highest BCUT2D eigenvalue weighted by Crippen LogP contribution is 2.38. The van der Waals surface area contributed by atoms with Crippen LogP contribution in [0.25, 0.3) is 22.1 Å². The van der Waals surface area contributed by atoms with Gasteiger partial charge >= 0.3 is 0 Å². The predicted molar refractivity (Wildman–Crippen MR) is 260 cm³/mol. The van der Waals surface area contributed by atoms with Gasteiger partial charge in [-0.2, -0.15) is 9.97 Å². The second-order valence-corrected chi connectivity index (χ2v) is 18.0. The van der Waals surface area contributed by atoms with Crippen LogP contribution in [-0.4, -0.2) is 143 Å². The number of nitrogen functional groups attached to an aromatic ring is 1. The molecule has 2 aliphatic carbocycles. The summed E-state index contributed by atoms with van der Waals surface area (Å²) < 4.78 is 44.7. The number of amides is 2. The molecule has 3 N–H and O–H groups in total. The lowest BCUT2D eigenvalue weighted by molar-refractivity contribution is 0.0803. The quantitative estimate of drug-likeness (QED) is 0.0794. The molecule has 0 saturated heterocycles. The fourth-order valence-corrected chi connectivity index (χ4v) is 8.14. The summed E-state index contributed by atoms with van der Waals surface area (Å²) in [5.41, 5.74) is 8.07. The van der Waals surface area contributed by atoms with Gasteiger partial charge in [0.05, 0.1) is 10.8 Å². The van der Waals surface area contributed by atoms with E-state index in [1.54, 1.807) is 37.3 Å². The normalized spacial score (nSPS) is 14.0. The molecule has 2 fully saturated rings. The minimum absolute atomic E-state index is 0.0530. The van der Waals surface area contributed by atoms with Gasteiger partial charge in [0, 0.05) is 77.1 Å². The Hall–Kier alpha value is -6.11. The van der Waals surface area contributed by atoms with Gasteiger partial charge in [-0.3, -0.25) is 9.59 Å². The maximum absolute atomic E-state index is 15.3. The highest BCUT2D eigenvalue weighted by atomic mass is 35.5. The lowest BCUT2D eigenvalue weighted by atomic mass is 10.2. The molecule has 8 rings (SSSR count). The number of rotatable bonds is 14. The van der Waals surface area contributed by atoms with E-state index >= 15 is 4.39 Å². The molecule has 4 aromatic heterocycles. The molecule has 19 heteroatoms. The summed E-state index contributed by atoms with van der Waals surface area (Å²) in [5, 5.41) is 3.75. The Labute approximate surface area is 396 Å². The van der Waals surface area contributed by atoms with E-state index in [4.69, 9.17) is 26.8 Å². The average Bonchev–Trinajstić information content (AvgIpc) is 4.12. The first-order valence-corrected chi connectivity index (χ1v) is 22.9. The maximum atomic E-state index is 15.3. The van der Waals surface area contributed by atoms with Crippen LogP contribution in [0.5, 0.6) is 11.5 Å². The summed E-state index contributed by atoms with van der Waals surface area (Å²) in [6.07, 6.45) is 10.7. The molecule has 67 heavy (non-hydrogen) atoms. The predicted octanol–water partition coefficient (Wildman–Crippen LogP) is 8.32. The number of hydrogen-bond donors (Lipinski definition) is 2. The van der Waals surface area contributed by atoms with Crippen molar-refractivity contribution in [3.63, 3.8) is 0 Å². The molecule has 360 valence electrons. The molecular formula is C48H63ClF2N12O4. The van der Waals surface area contributed by atoms with Crippen LogP contribution in [0, 0.1) is 11.6 Å². The summed E-state index contributed by atoms with van der Waals surface area (Å²) >= 11 is 5.85. The Kier molecular flexibility index (Phi) is 17.3. The van der Waals surface area contributed by atoms with E-state index < -0.39 is 11.6 Å². The molecule has 0 aliphatic heterocycles. The largest absolute Gasteiger partial charge is 0.492 e. The van der Waals surface area contributed by atoms with Gasteiger partial charge in [0.15, 0.2) is 11.6 Å². The van der Waals surface area contributed by atoms with E-state index in [9.17, 15) is 14.0 Å². The number of aromatic nitrogens is 6. The molecule has 2 aliphatic rings. The number of likely N-dealkylation sites (N-methyl/N-ethyl adjacent to an activating group) is 2. The van der Waals surface area contributed by atoms with Gasteiger partial charge in [0.1, 0.15) is 47.4 Å². The van der Waals surface area contributed by atoms with Crippen LogP contribution < -0.4 is 20.5 Å². The Bertz CT molecular complexity index is 2590. The van der Waals surface area contributed by atoms with E-state index in [2.05, 4.69) is 35.1 Å². The van der Waals surface area contributed by atoms with Crippen molar-refractivity contribution in [3.8, 4) is 11.5 Å². The maximum Gasteiger partial charge on any atom is 0.273 e. The molecule has 2 saturated carbocycles. The van der Waals surface area contributed by atoms with E-state index in [0.29, 0.717) is 30.5 Å². The fraction of sp³-hybridized carbons (Fsp3) is 0.458. The second kappa shape index (κ2) is 23.1. The SMILES string of the molecule is CN(C)C(=O)c1c(F)c2cnc(Cl)nc2n1C1CCCC1.CN(C)CCOc1ccc(N)cc1.CN(C)CCOc1ccc(Nc2ncc3c(F)c(C(=O)N(C)C)n(C4CCCC4)c3n2)cc1. The summed E-state index contributed by atoms with van der Waals surface area (Å²) in [6, 6.07) is 15.1. The number of benzene rings is 2. The molecule has 2 amide bonds. The van der Waals surface area contributed by atoms with Crippen LogP contribution in [0.15, 0.2) is 60.9 Å². The number of ether oxygens (including phenoxy) is 2. The molecule has 0 radical (unpaired) electrons. The Morgan fingerprint density at radius 3 is 1.52 bits per heavy atom. The lowest BCUT2D eigenvalue weighted by Gasteiger charge is -2.18. The molecule has 2 aromatic carbocycles. The van der Waals surface area contributed by atoms with Crippen LogP contribution in [0.4, 0.5) is 26.1 Å². The first-order valence-electron chi connectivity index (χ1n) is 22.5. The molecule has 0 unspecified atom stereocenters. The van der Waals surface area contributed by atoms with Crippen molar-refractivity contribution in [2.24, 2.45) is 0 Å². The van der Waals surface area contributed by atoms with Crippen LogP contribution in [0.2, 0.25) is 5.28 Å². The van der Waals surface area contributed by atoms with Crippen molar-refractivity contribution in [3.05, 3.63) is 89.2 Å². The average molecular weight is 946 g/mol. The van der Waals surface area contributed by atoms with Crippen molar-refractivity contribution >= 4 is 62.8 Å². The third-order valence-electron chi connectivity index (χ3n) is 11.5. The van der Waals surface area contributed by atoms with E-state index in [1.165, 1.54) is 22.2 Å². The van der Waals surface area contributed by atoms with Gasteiger partial charge in [0.2, 0.25) is 11.2 Å². The van der Waals surface area contributed by atoms with Crippen molar-refractivity contribution in [2.45, 2.75) is 63.5 Å². The first-order chi connectivity index (χ1) is 32.0. The van der Waals surface area contributed by atoms with Gasteiger partial charge < -0.3 is 49.3 Å². The van der Waals surface area contributed by atoms with E-state index in [-0.39, 0.29) is 51.3 Å². The zero-order valence-electron chi connectivity index (χ0n) is 39.7. The Morgan fingerprint density at radius 1 is 0.672 bits per heavy atom. The third-order valence-corrected chi connectivity index (χ3v) is 11.7. The smallest absolute Gasteiger partial charge is 0.273 e. The summed E-state index contributed by atoms with van der Waals surface area (Å²) in [5.74, 6) is 0.155. The minimum atomic E-state index is -0.563. The zero-order chi connectivity index (χ0) is 48.4.